The molecule has 182 valence electrons. The Morgan fingerprint density at radius 3 is 2.76 bits per heavy atom. The summed E-state index contributed by atoms with van der Waals surface area (Å²) in [6.45, 7) is 2.33. The predicted octanol–water partition coefficient (Wildman–Crippen LogP) is 1.75. The molecule has 1 saturated heterocycles. The Morgan fingerprint density at radius 1 is 1.24 bits per heavy atom. The van der Waals surface area contributed by atoms with E-state index in [1.165, 1.54) is 4.31 Å². The summed E-state index contributed by atoms with van der Waals surface area (Å²) in [5.41, 5.74) is 3.04. The van der Waals surface area contributed by atoms with Crippen LogP contribution in [0.25, 0.3) is 0 Å². The summed E-state index contributed by atoms with van der Waals surface area (Å²) in [5, 5.41) is 9.93. The van der Waals surface area contributed by atoms with Gasteiger partial charge >= 0.3 is 10.2 Å². The first-order chi connectivity index (χ1) is 16.3. The monoisotopic (exact) mass is 486 g/mol. The summed E-state index contributed by atoms with van der Waals surface area (Å²) in [7, 11) is -1.78. The number of anilines is 2. The summed E-state index contributed by atoms with van der Waals surface area (Å²) < 4.78 is 34.7. The quantitative estimate of drug-likeness (QED) is 0.618. The number of β-amino-alcohol motifs (C(OH)–C–C–N with tert-alkyl or cyclic N) is 1. The zero-order valence-electron chi connectivity index (χ0n) is 19.2. The minimum Gasteiger partial charge on any atom is -0.483 e. The van der Waals surface area contributed by atoms with E-state index < -0.39 is 10.2 Å². The van der Waals surface area contributed by atoms with Crippen LogP contribution in [0, 0.1) is 0 Å². The molecule has 9 nitrogen and oxygen atoms in total. The Balaban J connectivity index is 1.31. The number of ether oxygens (including phenoxy) is 1. The highest BCUT2D eigenvalue weighted by molar-refractivity contribution is 7.94. The van der Waals surface area contributed by atoms with E-state index in [0.717, 1.165) is 24.1 Å². The number of hydrogen-bond acceptors (Lipinski definition) is 6. The fourth-order valence-corrected chi connectivity index (χ4v) is 6.44. The van der Waals surface area contributed by atoms with Crippen molar-refractivity contribution in [2.24, 2.45) is 0 Å². The van der Waals surface area contributed by atoms with Crippen LogP contribution in [-0.4, -0.2) is 75.2 Å². The molecule has 2 aromatic carbocycles. The second-order valence-electron chi connectivity index (χ2n) is 9.14. The van der Waals surface area contributed by atoms with E-state index in [0.29, 0.717) is 49.6 Å². The number of aliphatic hydroxyl groups is 1. The molecule has 3 aliphatic heterocycles. The molecular weight excluding hydrogens is 456 g/mol. The molecule has 5 rings (SSSR count). The van der Waals surface area contributed by atoms with Crippen molar-refractivity contribution >= 4 is 27.5 Å². The number of carbonyl (C=O) groups is 1. The lowest BCUT2D eigenvalue weighted by molar-refractivity contribution is -0.134. The number of carbonyl (C=O) groups excluding carboxylic acids is 1. The van der Waals surface area contributed by atoms with Gasteiger partial charge in [0.2, 0.25) is 0 Å². The zero-order valence-corrected chi connectivity index (χ0v) is 20.0. The largest absolute Gasteiger partial charge is 0.483 e. The second kappa shape index (κ2) is 9.09. The van der Waals surface area contributed by atoms with E-state index in [9.17, 15) is 18.3 Å². The number of nitrogens with one attached hydrogen (secondary N) is 1. The van der Waals surface area contributed by atoms with Crippen LogP contribution < -0.4 is 13.8 Å². The average molecular weight is 487 g/mol. The molecule has 3 heterocycles. The Kier molecular flexibility index (Phi) is 6.13. The van der Waals surface area contributed by atoms with Gasteiger partial charge in [-0.15, -0.1) is 0 Å². The van der Waals surface area contributed by atoms with Crippen molar-refractivity contribution in [1.82, 2.24) is 9.80 Å². The van der Waals surface area contributed by atoms with Crippen LogP contribution in [0.4, 0.5) is 11.4 Å². The van der Waals surface area contributed by atoms with Crippen LogP contribution in [0.1, 0.15) is 30.0 Å². The molecule has 10 heteroatoms. The lowest BCUT2D eigenvalue weighted by atomic mass is 10.0. The molecule has 0 bridgehead atoms. The van der Waals surface area contributed by atoms with Gasteiger partial charge in [0.1, 0.15) is 5.75 Å². The number of likely N-dealkylation sites (N-methyl/N-ethyl adjacent to an activating group) is 1. The van der Waals surface area contributed by atoms with E-state index in [1.54, 1.807) is 24.1 Å². The maximum atomic E-state index is 13.2. The van der Waals surface area contributed by atoms with Crippen molar-refractivity contribution < 1.29 is 23.1 Å². The minimum atomic E-state index is -3.56. The van der Waals surface area contributed by atoms with Gasteiger partial charge < -0.3 is 14.7 Å². The van der Waals surface area contributed by atoms with Crippen molar-refractivity contribution in [3.8, 4) is 5.75 Å². The lowest BCUT2D eigenvalue weighted by Gasteiger charge is -2.32. The van der Waals surface area contributed by atoms with Gasteiger partial charge in [-0.1, -0.05) is 30.3 Å². The summed E-state index contributed by atoms with van der Waals surface area (Å²) >= 11 is 0. The number of hydrogen-bond donors (Lipinski definition) is 2. The van der Waals surface area contributed by atoms with Crippen LogP contribution in [0.3, 0.4) is 0 Å². The van der Waals surface area contributed by atoms with Gasteiger partial charge in [-0.05, 0) is 37.0 Å². The highest BCUT2D eigenvalue weighted by Crippen LogP contribution is 2.45. The van der Waals surface area contributed by atoms with Crippen molar-refractivity contribution in [2.75, 3.05) is 48.9 Å². The molecule has 0 spiro atoms. The summed E-state index contributed by atoms with van der Waals surface area (Å²) in [4.78, 5) is 17.1. The van der Waals surface area contributed by atoms with E-state index in [-0.39, 0.29) is 24.7 Å². The summed E-state index contributed by atoms with van der Waals surface area (Å²) in [6.07, 6.45) is 1.81. The number of benzene rings is 2. The molecule has 0 aromatic heterocycles. The maximum Gasteiger partial charge on any atom is 0.324 e. The second-order valence-corrected chi connectivity index (χ2v) is 10.7. The summed E-state index contributed by atoms with van der Waals surface area (Å²) in [5.74, 6) is 0.378. The van der Waals surface area contributed by atoms with Crippen LogP contribution in [0.15, 0.2) is 42.5 Å². The van der Waals surface area contributed by atoms with E-state index >= 15 is 0 Å². The van der Waals surface area contributed by atoms with E-state index in [2.05, 4.69) is 9.62 Å². The molecule has 2 atom stereocenters. The highest BCUT2D eigenvalue weighted by Gasteiger charge is 2.38. The topological polar surface area (TPSA) is 102 Å². The fraction of sp³-hybridized carbons (Fsp3) is 0.458. The van der Waals surface area contributed by atoms with Gasteiger partial charge in [0, 0.05) is 38.8 Å². The van der Waals surface area contributed by atoms with Gasteiger partial charge in [-0.2, -0.15) is 8.42 Å². The third kappa shape index (κ3) is 4.33. The SMILES string of the molecule is CN(C(=O)COc1ccc2c3c1CCCN3S(=O)(=O)N2)C(CN1CC[C@H](O)C1)c1ccccc1. The molecule has 34 heavy (non-hydrogen) atoms. The standard InChI is InChI=1S/C24H30N4O5S/c1-26(21(17-6-3-2-4-7-17)15-27-13-11-18(29)14-27)23(30)16-33-22-10-9-20-24-19(22)8-5-12-28(24)34(31,32)25-20/h2-4,6-7,9-10,18,21,25,29H,5,8,11-16H2,1H3/t18-,21?/m0/s1. The van der Waals surface area contributed by atoms with E-state index in [4.69, 9.17) is 4.74 Å². The number of nitrogens with zero attached hydrogens (tertiary/aromatic N) is 3. The fourth-order valence-electron chi connectivity index (χ4n) is 5.07. The maximum absolute atomic E-state index is 13.2. The van der Waals surface area contributed by atoms with Gasteiger partial charge in [0.05, 0.1) is 23.5 Å². The normalized spacial score (nSPS) is 21.6. The smallest absolute Gasteiger partial charge is 0.324 e. The molecule has 2 aromatic rings. The van der Waals surface area contributed by atoms with Crippen molar-refractivity contribution in [1.29, 1.82) is 0 Å². The zero-order chi connectivity index (χ0) is 23.9. The lowest BCUT2D eigenvalue weighted by Crippen LogP contribution is -2.41. The van der Waals surface area contributed by atoms with Crippen LogP contribution in [0.2, 0.25) is 0 Å². The first kappa shape index (κ1) is 22.9. The first-order valence-electron chi connectivity index (χ1n) is 11.6. The van der Waals surface area contributed by atoms with E-state index in [1.807, 2.05) is 30.3 Å². The van der Waals surface area contributed by atoms with Crippen molar-refractivity contribution in [2.45, 2.75) is 31.4 Å². The number of likely N-dealkylation sites (tertiary alicyclic amines) is 1. The Morgan fingerprint density at radius 2 is 2.03 bits per heavy atom. The Bertz CT molecular complexity index is 1170. The molecule has 2 N–H and O–H groups in total. The molecule has 1 fully saturated rings. The van der Waals surface area contributed by atoms with Crippen molar-refractivity contribution in [3.63, 3.8) is 0 Å². The Labute approximate surface area is 200 Å². The number of rotatable bonds is 7. The molecule has 0 saturated carbocycles. The highest BCUT2D eigenvalue weighted by atomic mass is 32.2. The third-order valence-corrected chi connectivity index (χ3v) is 8.30. The van der Waals surface area contributed by atoms with Gasteiger partial charge in [-0.25, -0.2) is 0 Å². The van der Waals surface area contributed by atoms with Crippen LogP contribution >= 0.6 is 0 Å². The molecular formula is C24H30N4O5S. The number of amides is 1. The van der Waals surface area contributed by atoms with Gasteiger partial charge in [0.25, 0.3) is 5.91 Å². The van der Waals surface area contributed by atoms with Gasteiger partial charge in [-0.3, -0.25) is 18.7 Å². The molecule has 0 radical (unpaired) electrons. The predicted molar refractivity (Wildman–Crippen MR) is 129 cm³/mol. The molecule has 1 unspecified atom stereocenters. The number of aliphatic hydroxyl groups excluding tert-OH is 1. The minimum absolute atomic E-state index is 0.144. The molecule has 1 amide bonds. The summed E-state index contributed by atoms with van der Waals surface area (Å²) in [6, 6.07) is 13.1. The molecule has 0 aliphatic carbocycles. The first-order valence-corrected chi connectivity index (χ1v) is 13.1. The van der Waals surface area contributed by atoms with Crippen LogP contribution in [0.5, 0.6) is 5.75 Å². The van der Waals surface area contributed by atoms with Gasteiger partial charge in [0.15, 0.2) is 6.61 Å². The molecule has 3 aliphatic rings. The third-order valence-electron chi connectivity index (χ3n) is 6.88. The van der Waals surface area contributed by atoms with Crippen molar-refractivity contribution in [3.05, 3.63) is 53.6 Å². The average Bonchev–Trinajstić information content (AvgIpc) is 3.37. The van der Waals surface area contributed by atoms with Crippen LogP contribution in [-0.2, 0) is 21.4 Å². The Hall–Kier alpha value is -2.82.